The van der Waals surface area contributed by atoms with E-state index in [0.29, 0.717) is 23.4 Å². The molecular weight excluding hydrogens is 810 g/mol. The maximum Gasteiger partial charge on any atom is 0.442 e. The standard InChI is InChI=1S/C15H14Cl2N2O3.C15H12F2N4O3.C3H8NO5P/c1-5-6-21-12-8-11(9(16)7-10(12)17)19-14(20)22-13(18-19)15(2,3)4;1-8(13-12(14(22)23)3-2-4-18-13)20-21-15(24)19-11-6-9(16)5-10(17)7-11;5-3(6)1-4-2-10(7,8)9/h1,7-8H,6H2,2-4H3;2-7H,1H3,(H,22,23)(H2,19,21,24);4H,1-2H2,(H,5,6)(H2,7,8,9)/b;20-8+;. The summed E-state index contributed by atoms with van der Waals surface area (Å²) in [6.45, 7) is 6.71. The van der Waals surface area contributed by atoms with Crippen LogP contribution in [0.4, 0.5) is 19.3 Å². The first-order chi connectivity index (χ1) is 26.0. The van der Waals surface area contributed by atoms with Crippen molar-refractivity contribution in [1.82, 2.24) is 25.5 Å². The van der Waals surface area contributed by atoms with Crippen molar-refractivity contribution in [2.45, 2.75) is 33.1 Å². The van der Waals surface area contributed by atoms with Gasteiger partial charge >= 0.3 is 31.3 Å². The normalized spacial score (nSPS) is 11.2. The highest BCUT2D eigenvalue weighted by Gasteiger charge is 2.24. The number of aliphatic carboxylic acids is 1. The summed E-state index contributed by atoms with van der Waals surface area (Å²) in [5.74, 6) is -1.71. The van der Waals surface area contributed by atoms with E-state index in [1.807, 2.05) is 20.8 Å². The number of hydrazone groups is 1. The first-order valence-electron chi connectivity index (χ1n) is 15.4. The van der Waals surface area contributed by atoms with Crippen molar-refractivity contribution in [3.63, 3.8) is 0 Å². The molecule has 0 aliphatic carbocycles. The molecule has 4 aromatic rings. The van der Waals surface area contributed by atoms with E-state index in [-0.39, 0.29) is 39.3 Å². The molecule has 0 spiro atoms. The highest BCUT2D eigenvalue weighted by atomic mass is 35.5. The second-order valence-corrected chi connectivity index (χ2v) is 14.3. The lowest BCUT2D eigenvalue weighted by atomic mass is 9.97. The fraction of sp³-hybridized carbons (Fsp3) is 0.242. The number of benzene rings is 2. The molecule has 0 aliphatic rings. The maximum atomic E-state index is 13.0. The molecule has 2 heterocycles. The number of hydrogen-bond donors (Lipinski definition) is 7. The van der Waals surface area contributed by atoms with E-state index in [4.69, 9.17) is 58.8 Å². The van der Waals surface area contributed by atoms with Gasteiger partial charge in [0.15, 0.2) is 0 Å². The molecule has 0 atom stereocenters. The van der Waals surface area contributed by atoms with E-state index in [0.717, 1.165) is 16.8 Å². The number of carbonyl (C=O) groups is 3. The number of anilines is 1. The predicted molar refractivity (Wildman–Crippen MR) is 200 cm³/mol. The van der Waals surface area contributed by atoms with Crippen LogP contribution in [0.2, 0.25) is 10.0 Å². The van der Waals surface area contributed by atoms with Gasteiger partial charge in [-0.3, -0.25) is 19.7 Å². The number of aromatic carboxylic acids is 1. The van der Waals surface area contributed by atoms with Gasteiger partial charge in [-0.2, -0.15) is 9.78 Å². The average Bonchev–Trinajstić information content (AvgIpc) is 3.48. The molecule has 18 nitrogen and oxygen atoms in total. The number of urea groups is 1. The summed E-state index contributed by atoms with van der Waals surface area (Å²) in [4.78, 5) is 64.8. The van der Waals surface area contributed by atoms with Crippen LogP contribution in [-0.4, -0.2) is 77.9 Å². The summed E-state index contributed by atoms with van der Waals surface area (Å²) in [6, 6.07) is 7.44. The van der Waals surface area contributed by atoms with E-state index >= 15 is 0 Å². The molecular formula is C33H34Cl2F2N7O11P. The second-order valence-electron chi connectivity index (χ2n) is 11.8. The van der Waals surface area contributed by atoms with Crippen molar-refractivity contribution < 1.29 is 56.9 Å². The summed E-state index contributed by atoms with van der Waals surface area (Å²) in [6.07, 6.45) is 5.94. The van der Waals surface area contributed by atoms with Crippen molar-refractivity contribution in [3.8, 4) is 23.8 Å². The number of amides is 2. The number of carbonyl (C=O) groups excluding carboxylic acids is 1. The van der Waals surface area contributed by atoms with Gasteiger partial charge < -0.3 is 34.5 Å². The third kappa shape index (κ3) is 15.6. The average molecular weight is 845 g/mol. The van der Waals surface area contributed by atoms with E-state index in [1.165, 1.54) is 37.4 Å². The predicted octanol–water partition coefficient (Wildman–Crippen LogP) is 4.84. The quantitative estimate of drug-likeness (QED) is 0.0461. The number of halogens is 4. The van der Waals surface area contributed by atoms with Crippen LogP contribution in [0.5, 0.6) is 5.75 Å². The highest BCUT2D eigenvalue weighted by molar-refractivity contribution is 7.51. The van der Waals surface area contributed by atoms with Gasteiger partial charge in [-0.15, -0.1) is 11.5 Å². The number of rotatable bonds is 11. The number of nitrogens with one attached hydrogen (secondary N) is 3. The summed E-state index contributed by atoms with van der Waals surface area (Å²) < 4.78 is 47.7. The number of terminal acetylenes is 1. The molecule has 0 fully saturated rings. The number of carboxylic acids is 2. The Morgan fingerprint density at radius 2 is 1.73 bits per heavy atom. The van der Waals surface area contributed by atoms with Crippen LogP contribution >= 0.6 is 30.8 Å². The summed E-state index contributed by atoms with van der Waals surface area (Å²) in [5, 5.41) is 29.8. The van der Waals surface area contributed by atoms with Crippen molar-refractivity contribution >= 4 is 60.2 Å². The third-order valence-electron chi connectivity index (χ3n) is 6.15. The van der Waals surface area contributed by atoms with Gasteiger partial charge in [0.1, 0.15) is 29.7 Å². The lowest BCUT2D eigenvalue weighted by Gasteiger charge is -2.11. The summed E-state index contributed by atoms with van der Waals surface area (Å²) >= 11 is 12.2. The number of carboxylic acid groups (broad SMARTS) is 2. The van der Waals surface area contributed by atoms with Crippen molar-refractivity contribution in [2.75, 3.05) is 24.8 Å². The van der Waals surface area contributed by atoms with Gasteiger partial charge in [0.25, 0.3) is 0 Å². The monoisotopic (exact) mass is 843 g/mol. The number of nitrogens with zero attached hydrogens (tertiary/aromatic N) is 4. The van der Waals surface area contributed by atoms with Crippen LogP contribution < -0.4 is 26.6 Å². The number of hydrogen-bond acceptors (Lipinski definition) is 11. The molecule has 0 aliphatic heterocycles. The van der Waals surface area contributed by atoms with Crippen LogP contribution in [0.15, 0.2) is 63.0 Å². The first-order valence-corrected chi connectivity index (χ1v) is 18.0. The Morgan fingerprint density at radius 3 is 2.27 bits per heavy atom. The Kier molecular flexibility index (Phi) is 17.3. The summed E-state index contributed by atoms with van der Waals surface area (Å²) in [5.41, 5.74) is 2.05. The number of pyridine rings is 1. The molecule has 0 radical (unpaired) electrons. The van der Waals surface area contributed by atoms with Crippen molar-refractivity contribution in [1.29, 1.82) is 0 Å². The molecule has 0 unspecified atom stereocenters. The fourth-order valence-corrected chi connectivity index (χ4v) is 4.71. The minimum Gasteiger partial charge on any atom is -0.480 e. The van der Waals surface area contributed by atoms with E-state index < -0.39 is 61.2 Å². The minimum absolute atomic E-state index is 0.0434. The molecule has 0 saturated carbocycles. The van der Waals surface area contributed by atoms with Gasteiger partial charge in [0, 0.05) is 29.4 Å². The lowest BCUT2D eigenvalue weighted by molar-refractivity contribution is -0.135. The third-order valence-corrected chi connectivity index (χ3v) is 7.38. The first kappa shape index (κ1) is 46.5. The van der Waals surface area contributed by atoms with E-state index in [2.05, 4.69) is 37.2 Å². The molecule has 2 aromatic carbocycles. The number of aromatic nitrogens is 3. The van der Waals surface area contributed by atoms with Gasteiger partial charge in [0.2, 0.25) is 5.89 Å². The van der Waals surface area contributed by atoms with Crippen LogP contribution in [0, 0.1) is 24.0 Å². The SMILES string of the molecule is C#CCOc1cc(-n2nc(C(C)(C)C)oc2=O)c(Cl)cc1Cl.C/C(=N\NC(=O)Nc1cc(F)cc(F)c1)c1ncccc1C(=O)O.O=C(O)CNCP(=O)(O)O. The Bertz CT molecular complexity index is 2210. The zero-order valence-corrected chi connectivity index (χ0v) is 32.1. The van der Waals surface area contributed by atoms with Crippen LogP contribution in [0.3, 0.4) is 0 Å². The Balaban J connectivity index is 0.000000314. The maximum absolute atomic E-state index is 13.0. The second kappa shape index (κ2) is 20.8. The molecule has 23 heteroatoms. The molecule has 2 aromatic heterocycles. The molecule has 4 rings (SSSR count). The molecule has 2 amide bonds. The van der Waals surface area contributed by atoms with Gasteiger partial charge in [0.05, 0.1) is 39.8 Å². The topological polar surface area (TPSA) is 268 Å². The van der Waals surface area contributed by atoms with Gasteiger partial charge in [-0.05, 0) is 37.3 Å². The molecule has 0 saturated heterocycles. The van der Waals surface area contributed by atoms with Crippen molar-refractivity contribution in [2.24, 2.45) is 5.10 Å². The van der Waals surface area contributed by atoms with Crippen LogP contribution in [0.25, 0.3) is 5.69 Å². The van der Waals surface area contributed by atoms with E-state index in [1.54, 1.807) is 0 Å². The van der Waals surface area contributed by atoms with Crippen LogP contribution in [-0.2, 0) is 14.8 Å². The van der Waals surface area contributed by atoms with Gasteiger partial charge in [-0.25, -0.2) is 28.6 Å². The molecule has 7 N–H and O–H groups in total. The molecule has 0 bridgehead atoms. The Labute approximate surface area is 326 Å². The zero-order chi connectivity index (χ0) is 42.4. The Hall–Kier alpha value is -5.68. The molecule has 56 heavy (non-hydrogen) atoms. The smallest absolute Gasteiger partial charge is 0.442 e. The minimum atomic E-state index is -4.10. The summed E-state index contributed by atoms with van der Waals surface area (Å²) in [7, 11) is -4.10. The van der Waals surface area contributed by atoms with Gasteiger partial charge in [-0.1, -0.05) is 49.9 Å². The van der Waals surface area contributed by atoms with E-state index in [9.17, 15) is 32.5 Å². The van der Waals surface area contributed by atoms with Crippen molar-refractivity contribution in [3.05, 3.63) is 98.0 Å². The lowest BCUT2D eigenvalue weighted by Crippen LogP contribution is -2.26. The highest BCUT2D eigenvalue weighted by Crippen LogP contribution is 2.33. The zero-order valence-electron chi connectivity index (χ0n) is 29.7. The Morgan fingerprint density at radius 1 is 1.09 bits per heavy atom. The molecule has 300 valence electrons. The fourth-order valence-electron chi connectivity index (χ4n) is 3.79. The largest absolute Gasteiger partial charge is 0.480 e. The number of ether oxygens (including phenoxy) is 1. The van der Waals surface area contributed by atoms with Crippen LogP contribution in [0.1, 0.15) is 49.6 Å².